The van der Waals surface area contributed by atoms with Crippen LogP contribution in [0.2, 0.25) is 5.02 Å². The first-order valence-corrected chi connectivity index (χ1v) is 9.97. The maximum Gasteiger partial charge on any atom is 0.271 e. The molecular formula is C21H16ClN3O2S. The molecule has 1 amide bonds. The molecule has 0 saturated carbocycles. The smallest absolute Gasteiger partial charge is 0.271 e. The van der Waals surface area contributed by atoms with E-state index in [9.17, 15) is 9.59 Å². The number of hydrogen-bond acceptors (Lipinski definition) is 4. The normalized spacial score (nSPS) is 10.9. The molecule has 4 aromatic rings. The second-order valence-electron chi connectivity index (χ2n) is 6.19. The Bertz CT molecular complexity index is 1200. The maximum atomic E-state index is 13.0. The fourth-order valence-electron chi connectivity index (χ4n) is 2.97. The van der Waals surface area contributed by atoms with Crippen molar-refractivity contribution in [2.24, 2.45) is 0 Å². The molecule has 0 aliphatic carbocycles. The topological polar surface area (TPSA) is 63.5 Å². The van der Waals surface area contributed by atoms with Crippen LogP contribution in [0.1, 0.15) is 15.9 Å². The average Bonchev–Trinajstić information content (AvgIpc) is 3.14. The molecule has 4 rings (SSSR count). The van der Waals surface area contributed by atoms with Crippen molar-refractivity contribution in [1.29, 1.82) is 0 Å². The molecule has 0 unspecified atom stereocenters. The molecule has 2 aromatic carbocycles. The molecule has 140 valence electrons. The summed E-state index contributed by atoms with van der Waals surface area (Å²) in [5.41, 5.74) is 2.07. The predicted octanol–water partition coefficient (Wildman–Crippen LogP) is 4.05. The lowest BCUT2D eigenvalue weighted by atomic mass is 10.1. The van der Waals surface area contributed by atoms with Crippen LogP contribution in [0, 0.1) is 0 Å². The molecule has 0 bridgehead atoms. The molecule has 28 heavy (non-hydrogen) atoms. The zero-order chi connectivity index (χ0) is 19.5. The van der Waals surface area contributed by atoms with Gasteiger partial charge in [-0.2, -0.15) is 0 Å². The van der Waals surface area contributed by atoms with Crippen LogP contribution in [0.4, 0.5) is 0 Å². The molecule has 0 spiro atoms. The summed E-state index contributed by atoms with van der Waals surface area (Å²) in [5, 5.41) is 5.16. The summed E-state index contributed by atoms with van der Waals surface area (Å²) in [5.74, 6) is -0.431. The monoisotopic (exact) mass is 409 g/mol. The zero-order valence-electron chi connectivity index (χ0n) is 14.8. The van der Waals surface area contributed by atoms with E-state index < -0.39 is 11.5 Å². The van der Waals surface area contributed by atoms with Gasteiger partial charge in [-0.3, -0.25) is 14.0 Å². The highest BCUT2D eigenvalue weighted by Gasteiger charge is 2.17. The summed E-state index contributed by atoms with van der Waals surface area (Å²) in [6, 6.07) is 17.1. The lowest BCUT2D eigenvalue weighted by molar-refractivity contribution is 0.0952. The van der Waals surface area contributed by atoms with Gasteiger partial charge in [0.15, 0.2) is 4.96 Å². The van der Waals surface area contributed by atoms with E-state index in [4.69, 9.17) is 11.6 Å². The molecular weight excluding hydrogens is 394 g/mol. The number of halogens is 1. The van der Waals surface area contributed by atoms with Gasteiger partial charge < -0.3 is 5.32 Å². The average molecular weight is 410 g/mol. The summed E-state index contributed by atoms with van der Waals surface area (Å²) in [4.78, 5) is 30.3. The Hall–Kier alpha value is -2.96. The second kappa shape index (κ2) is 7.96. The van der Waals surface area contributed by atoms with Crippen LogP contribution in [0.15, 0.2) is 71.0 Å². The highest BCUT2D eigenvalue weighted by Crippen LogP contribution is 2.29. The Balaban J connectivity index is 1.62. The molecule has 5 nitrogen and oxygen atoms in total. The highest BCUT2D eigenvalue weighted by molar-refractivity contribution is 7.15. The number of carbonyl (C=O) groups is 1. The third kappa shape index (κ3) is 3.56. The van der Waals surface area contributed by atoms with Crippen molar-refractivity contribution in [3.05, 3.63) is 92.7 Å². The SMILES string of the molecule is O=C(NCCc1ccccc1)c1cnc2scc(-c3ccccc3Cl)n2c1=O. The molecule has 2 aromatic heterocycles. The Morgan fingerprint density at radius 3 is 2.64 bits per heavy atom. The number of rotatable bonds is 5. The molecule has 0 saturated heterocycles. The summed E-state index contributed by atoms with van der Waals surface area (Å²) in [7, 11) is 0. The summed E-state index contributed by atoms with van der Waals surface area (Å²) in [6.07, 6.45) is 2.02. The zero-order valence-corrected chi connectivity index (χ0v) is 16.3. The summed E-state index contributed by atoms with van der Waals surface area (Å²) < 4.78 is 1.44. The minimum Gasteiger partial charge on any atom is -0.351 e. The van der Waals surface area contributed by atoms with Gasteiger partial charge in [-0.25, -0.2) is 4.98 Å². The van der Waals surface area contributed by atoms with Crippen LogP contribution >= 0.6 is 22.9 Å². The van der Waals surface area contributed by atoms with E-state index >= 15 is 0 Å². The van der Waals surface area contributed by atoms with Crippen LogP contribution in [0.25, 0.3) is 16.2 Å². The van der Waals surface area contributed by atoms with Gasteiger partial charge >= 0.3 is 0 Å². The number of fused-ring (bicyclic) bond motifs is 1. The Kier molecular flexibility index (Phi) is 5.23. The second-order valence-corrected chi connectivity index (χ2v) is 7.43. The van der Waals surface area contributed by atoms with Crippen molar-refractivity contribution < 1.29 is 4.79 Å². The van der Waals surface area contributed by atoms with E-state index in [0.29, 0.717) is 28.6 Å². The third-order valence-electron chi connectivity index (χ3n) is 4.38. The van der Waals surface area contributed by atoms with Gasteiger partial charge in [0.1, 0.15) is 5.56 Å². The number of amides is 1. The number of nitrogens with zero attached hydrogens (tertiary/aromatic N) is 2. The lowest BCUT2D eigenvalue weighted by Gasteiger charge is -2.07. The largest absolute Gasteiger partial charge is 0.351 e. The van der Waals surface area contributed by atoms with Crippen LogP contribution in [-0.2, 0) is 6.42 Å². The first-order chi connectivity index (χ1) is 13.6. The van der Waals surface area contributed by atoms with E-state index in [1.54, 1.807) is 6.07 Å². The molecule has 1 N–H and O–H groups in total. The summed E-state index contributed by atoms with van der Waals surface area (Å²) >= 11 is 7.62. The van der Waals surface area contributed by atoms with E-state index in [0.717, 1.165) is 11.1 Å². The number of nitrogens with one attached hydrogen (secondary N) is 1. The van der Waals surface area contributed by atoms with Crippen LogP contribution < -0.4 is 10.9 Å². The maximum absolute atomic E-state index is 13.0. The van der Waals surface area contributed by atoms with Crippen LogP contribution in [-0.4, -0.2) is 21.8 Å². The van der Waals surface area contributed by atoms with Crippen molar-refractivity contribution in [3.8, 4) is 11.3 Å². The van der Waals surface area contributed by atoms with Crippen molar-refractivity contribution in [1.82, 2.24) is 14.7 Å². The quantitative estimate of drug-likeness (QED) is 0.541. The number of benzene rings is 2. The van der Waals surface area contributed by atoms with E-state index in [1.165, 1.54) is 21.9 Å². The lowest BCUT2D eigenvalue weighted by Crippen LogP contribution is -2.32. The molecule has 0 aliphatic heterocycles. The number of hydrogen-bond donors (Lipinski definition) is 1. The predicted molar refractivity (Wildman–Crippen MR) is 112 cm³/mol. The molecule has 0 radical (unpaired) electrons. The Labute approximate surface area is 170 Å². The van der Waals surface area contributed by atoms with Gasteiger partial charge in [0.25, 0.3) is 11.5 Å². The van der Waals surface area contributed by atoms with Gasteiger partial charge in [-0.15, -0.1) is 11.3 Å². The van der Waals surface area contributed by atoms with Crippen LogP contribution in [0.3, 0.4) is 0 Å². The Morgan fingerprint density at radius 1 is 1.11 bits per heavy atom. The molecule has 0 atom stereocenters. The first kappa shape index (κ1) is 18.4. The first-order valence-electron chi connectivity index (χ1n) is 8.71. The highest BCUT2D eigenvalue weighted by atomic mass is 35.5. The van der Waals surface area contributed by atoms with Gasteiger partial charge in [-0.05, 0) is 18.1 Å². The molecule has 7 heteroatoms. The molecule has 0 aliphatic rings. The van der Waals surface area contributed by atoms with Crippen LogP contribution in [0.5, 0.6) is 0 Å². The standard InChI is InChI=1S/C21H16ClN3O2S/c22-17-9-5-4-8-15(17)18-13-28-21-24-12-16(20(27)25(18)21)19(26)23-11-10-14-6-2-1-3-7-14/h1-9,12-13H,10-11H2,(H,23,26). The van der Waals surface area contributed by atoms with Crippen molar-refractivity contribution in [2.75, 3.05) is 6.54 Å². The fourth-order valence-corrected chi connectivity index (χ4v) is 4.05. The van der Waals surface area contributed by atoms with Gasteiger partial charge in [0.05, 0.1) is 5.69 Å². The number of thiazole rings is 1. The van der Waals surface area contributed by atoms with Gasteiger partial charge in [0, 0.05) is 28.7 Å². The molecule has 0 fully saturated rings. The minimum absolute atomic E-state index is 0.0114. The Morgan fingerprint density at radius 2 is 1.86 bits per heavy atom. The van der Waals surface area contributed by atoms with Crippen molar-refractivity contribution in [3.63, 3.8) is 0 Å². The number of carbonyl (C=O) groups excluding carboxylic acids is 1. The number of aromatic nitrogens is 2. The minimum atomic E-state index is -0.431. The fraction of sp³-hybridized carbons (Fsp3) is 0.0952. The van der Waals surface area contributed by atoms with E-state index in [2.05, 4.69) is 10.3 Å². The van der Waals surface area contributed by atoms with E-state index in [1.807, 2.05) is 53.9 Å². The van der Waals surface area contributed by atoms with Gasteiger partial charge in [0.2, 0.25) is 0 Å². The summed E-state index contributed by atoms with van der Waals surface area (Å²) in [6.45, 7) is 0.437. The van der Waals surface area contributed by atoms with Crippen molar-refractivity contribution >= 4 is 33.8 Å². The van der Waals surface area contributed by atoms with E-state index in [-0.39, 0.29) is 5.56 Å². The van der Waals surface area contributed by atoms with Gasteiger partial charge in [-0.1, -0.05) is 60.1 Å². The third-order valence-corrected chi connectivity index (χ3v) is 5.55. The van der Waals surface area contributed by atoms with Crippen molar-refractivity contribution in [2.45, 2.75) is 6.42 Å². The molecule has 2 heterocycles.